The van der Waals surface area contributed by atoms with Gasteiger partial charge in [-0.1, -0.05) is 0 Å². The molecule has 8 heteroatoms. The van der Waals surface area contributed by atoms with Crippen LogP contribution in [0.1, 0.15) is 37.4 Å². The average molecular weight is 418 g/mol. The number of carbonyl (C=O) groups is 1. The van der Waals surface area contributed by atoms with Crippen molar-refractivity contribution >= 4 is 11.7 Å². The molecule has 0 bridgehead atoms. The van der Waals surface area contributed by atoms with Crippen LogP contribution < -0.4 is 24.8 Å². The van der Waals surface area contributed by atoms with Crippen molar-refractivity contribution < 1.29 is 28.5 Å². The van der Waals surface area contributed by atoms with Gasteiger partial charge in [-0.2, -0.15) is 0 Å². The lowest BCUT2D eigenvalue weighted by molar-refractivity contribution is 0.170. The SMILES string of the molecule is COc1ccc(OC)c([C@@H](O)CNC(=O)Nc2ccc(F)cc2OC2CCCC2)c1. The summed E-state index contributed by atoms with van der Waals surface area (Å²) in [5.41, 5.74) is 0.860. The molecule has 0 aromatic heterocycles. The zero-order valence-electron chi connectivity index (χ0n) is 17.1. The molecule has 162 valence electrons. The van der Waals surface area contributed by atoms with Crippen LogP contribution in [-0.2, 0) is 0 Å². The Morgan fingerprint density at radius 2 is 1.90 bits per heavy atom. The number of benzene rings is 2. The van der Waals surface area contributed by atoms with Crippen LogP contribution in [0, 0.1) is 5.82 Å². The van der Waals surface area contributed by atoms with Crippen LogP contribution >= 0.6 is 0 Å². The number of carbonyl (C=O) groups excluding carboxylic acids is 1. The van der Waals surface area contributed by atoms with Crippen molar-refractivity contribution in [1.82, 2.24) is 5.32 Å². The van der Waals surface area contributed by atoms with Gasteiger partial charge in [-0.3, -0.25) is 0 Å². The van der Waals surface area contributed by atoms with Gasteiger partial charge in [0, 0.05) is 18.2 Å². The number of ether oxygens (including phenoxy) is 3. The van der Waals surface area contributed by atoms with E-state index in [1.807, 2.05) is 0 Å². The Morgan fingerprint density at radius 3 is 2.60 bits per heavy atom. The molecule has 7 nitrogen and oxygen atoms in total. The lowest BCUT2D eigenvalue weighted by Gasteiger charge is -2.19. The summed E-state index contributed by atoms with van der Waals surface area (Å²) in [6.45, 7) is -0.0601. The first kappa shape index (κ1) is 21.7. The molecule has 1 aliphatic rings. The van der Waals surface area contributed by atoms with E-state index in [1.54, 1.807) is 18.2 Å². The van der Waals surface area contributed by atoms with Crippen molar-refractivity contribution in [2.45, 2.75) is 37.9 Å². The van der Waals surface area contributed by atoms with Crippen molar-refractivity contribution in [3.05, 3.63) is 47.8 Å². The summed E-state index contributed by atoms with van der Waals surface area (Å²) in [6, 6.07) is 8.49. The van der Waals surface area contributed by atoms with Gasteiger partial charge in [0.2, 0.25) is 0 Å². The van der Waals surface area contributed by atoms with Gasteiger partial charge in [0.25, 0.3) is 0 Å². The Hall–Kier alpha value is -3.00. The number of nitrogens with one attached hydrogen (secondary N) is 2. The second-order valence-electron chi connectivity index (χ2n) is 7.12. The number of hydrogen-bond donors (Lipinski definition) is 3. The maximum absolute atomic E-state index is 13.7. The fraction of sp³-hybridized carbons (Fsp3) is 0.409. The fourth-order valence-corrected chi connectivity index (χ4v) is 3.45. The van der Waals surface area contributed by atoms with E-state index in [4.69, 9.17) is 14.2 Å². The first-order valence-electron chi connectivity index (χ1n) is 9.91. The molecular weight excluding hydrogens is 391 g/mol. The zero-order chi connectivity index (χ0) is 21.5. The van der Waals surface area contributed by atoms with E-state index in [0.29, 0.717) is 28.5 Å². The second-order valence-corrected chi connectivity index (χ2v) is 7.12. The summed E-state index contributed by atoms with van der Waals surface area (Å²) < 4.78 is 30.0. The van der Waals surface area contributed by atoms with Gasteiger partial charge < -0.3 is 30.0 Å². The highest BCUT2D eigenvalue weighted by atomic mass is 19.1. The summed E-state index contributed by atoms with van der Waals surface area (Å²) in [5, 5.41) is 15.8. The number of aliphatic hydroxyl groups excluding tert-OH is 1. The Kier molecular flexibility index (Phi) is 7.35. The molecule has 3 rings (SSSR count). The summed E-state index contributed by atoms with van der Waals surface area (Å²) >= 11 is 0. The predicted molar refractivity (Wildman–Crippen MR) is 111 cm³/mol. The molecule has 30 heavy (non-hydrogen) atoms. The van der Waals surface area contributed by atoms with Crippen LogP contribution in [-0.4, -0.2) is 38.0 Å². The maximum Gasteiger partial charge on any atom is 0.319 e. The summed E-state index contributed by atoms with van der Waals surface area (Å²) in [6.07, 6.45) is 3.00. The fourth-order valence-electron chi connectivity index (χ4n) is 3.45. The second kappa shape index (κ2) is 10.2. The monoisotopic (exact) mass is 418 g/mol. The van der Waals surface area contributed by atoms with Crippen LogP contribution in [0.3, 0.4) is 0 Å². The quantitative estimate of drug-likeness (QED) is 0.603. The van der Waals surface area contributed by atoms with Crippen LogP contribution in [0.25, 0.3) is 0 Å². The summed E-state index contributed by atoms with van der Waals surface area (Å²) in [4.78, 5) is 12.4. The minimum atomic E-state index is -1.01. The predicted octanol–water partition coefficient (Wildman–Crippen LogP) is 4.02. The number of anilines is 1. The van der Waals surface area contributed by atoms with E-state index >= 15 is 0 Å². The van der Waals surface area contributed by atoms with Crippen molar-refractivity contribution in [3.8, 4) is 17.2 Å². The lowest BCUT2D eigenvalue weighted by Crippen LogP contribution is -2.32. The number of halogens is 1. The number of amides is 2. The molecule has 0 unspecified atom stereocenters. The first-order valence-corrected chi connectivity index (χ1v) is 9.91. The molecule has 0 spiro atoms. The van der Waals surface area contributed by atoms with E-state index in [2.05, 4.69) is 10.6 Å². The summed E-state index contributed by atoms with van der Waals surface area (Å²) in [5.74, 6) is 0.909. The van der Waals surface area contributed by atoms with Gasteiger partial charge >= 0.3 is 6.03 Å². The number of hydrogen-bond acceptors (Lipinski definition) is 5. The van der Waals surface area contributed by atoms with Gasteiger partial charge in [-0.15, -0.1) is 0 Å². The standard InChI is InChI=1S/C22H27FN2O5/c1-28-16-8-10-20(29-2)17(12-16)19(26)13-24-22(27)25-18-9-7-14(23)11-21(18)30-15-5-3-4-6-15/h7-12,15,19,26H,3-6,13H2,1-2H3,(H2,24,25,27)/t19-/m0/s1. The Labute approximate surface area is 175 Å². The van der Waals surface area contributed by atoms with Crippen molar-refractivity contribution in [1.29, 1.82) is 0 Å². The highest BCUT2D eigenvalue weighted by Crippen LogP contribution is 2.31. The van der Waals surface area contributed by atoms with Crippen molar-refractivity contribution in [2.24, 2.45) is 0 Å². The lowest BCUT2D eigenvalue weighted by atomic mass is 10.1. The van der Waals surface area contributed by atoms with Crippen LogP contribution in [0.5, 0.6) is 17.2 Å². The molecule has 3 N–H and O–H groups in total. The molecule has 0 radical (unpaired) electrons. The molecule has 2 amide bonds. The van der Waals surface area contributed by atoms with Crippen LogP contribution in [0.15, 0.2) is 36.4 Å². The molecule has 1 atom stereocenters. The van der Waals surface area contributed by atoms with Crippen molar-refractivity contribution in [3.63, 3.8) is 0 Å². The smallest absolute Gasteiger partial charge is 0.319 e. The Morgan fingerprint density at radius 1 is 1.13 bits per heavy atom. The van der Waals surface area contributed by atoms with E-state index < -0.39 is 18.0 Å². The van der Waals surface area contributed by atoms with Gasteiger partial charge in [0.1, 0.15) is 29.2 Å². The van der Waals surface area contributed by atoms with E-state index in [1.165, 1.54) is 32.4 Å². The number of aliphatic hydroxyl groups is 1. The molecular formula is C22H27FN2O5. The summed E-state index contributed by atoms with van der Waals surface area (Å²) in [7, 11) is 3.02. The van der Waals surface area contributed by atoms with E-state index in [9.17, 15) is 14.3 Å². The third-order valence-electron chi connectivity index (χ3n) is 5.04. The number of methoxy groups -OCH3 is 2. The van der Waals surface area contributed by atoms with Crippen LogP contribution in [0.4, 0.5) is 14.9 Å². The van der Waals surface area contributed by atoms with Crippen LogP contribution in [0.2, 0.25) is 0 Å². The maximum atomic E-state index is 13.7. The third kappa shape index (κ3) is 5.54. The van der Waals surface area contributed by atoms with E-state index in [0.717, 1.165) is 25.7 Å². The minimum absolute atomic E-state index is 0.0257. The number of urea groups is 1. The molecule has 2 aromatic carbocycles. The van der Waals surface area contributed by atoms with Gasteiger partial charge in [0.05, 0.1) is 26.0 Å². The van der Waals surface area contributed by atoms with E-state index in [-0.39, 0.29) is 12.6 Å². The zero-order valence-corrected chi connectivity index (χ0v) is 17.1. The molecule has 0 aliphatic heterocycles. The minimum Gasteiger partial charge on any atom is -0.497 e. The molecule has 1 fully saturated rings. The average Bonchev–Trinajstić information content (AvgIpc) is 3.26. The van der Waals surface area contributed by atoms with Gasteiger partial charge in [0.15, 0.2) is 0 Å². The number of rotatable bonds is 8. The molecule has 0 heterocycles. The molecule has 0 saturated heterocycles. The molecule has 1 saturated carbocycles. The topological polar surface area (TPSA) is 89.0 Å². The van der Waals surface area contributed by atoms with Gasteiger partial charge in [-0.25, -0.2) is 9.18 Å². The molecule has 2 aromatic rings. The first-order chi connectivity index (χ1) is 14.5. The largest absolute Gasteiger partial charge is 0.497 e. The highest BCUT2D eigenvalue weighted by molar-refractivity contribution is 5.90. The highest BCUT2D eigenvalue weighted by Gasteiger charge is 2.20. The third-order valence-corrected chi connectivity index (χ3v) is 5.04. The molecule has 1 aliphatic carbocycles. The van der Waals surface area contributed by atoms with Crippen molar-refractivity contribution in [2.75, 3.05) is 26.1 Å². The Bertz CT molecular complexity index is 871. The normalized spacial score (nSPS) is 14.8. The Balaban J connectivity index is 1.62. The van der Waals surface area contributed by atoms with Gasteiger partial charge in [-0.05, 0) is 56.0 Å².